The highest BCUT2D eigenvalue weighted by Gasteiger charge is 2.10. The molecule has 1 aromatic heterocycles. The van der Waals surface area contributed by atoms with Gasteiger partial charge in [0.05, 0.1) is 28.5 Å². The molecule has 0 radical (unpaired) electrons. The summed E-state index contributed by atoms with van der Waals surface area (Å²) in [7, 11) is 1.87. The predicted octanol–water partition coefficient (Wildman–Crippen LogP) is 2.39. The van der Waals surface area contributed by atoms with Crippen LogP contribution >= 0.6 is 11.3 Å². The number of nitriles is 1. The second-order valence-electron chi connectivity index (χ2n) is 4.74. The number of benzene rings is 1. The first-order valence-electron chi connectivity index (χ1n) is 6.47. The van der Waals surface area contributed by atoms with Crippen molar-refractivity contribution in [2.75, 3.05) is 18.9 Å². The molecule has 2 rings (SSSR count). The second kappa shape index (κ2) is 6.97. The number of nitrogens with one attached hydrogen (secondary N) is 1. The van der Waals surface area contributed by atoms with E-state index < -0.39 is 0 Å². The van der Waals surface area contributed by atoms with Gasteiger partial charge in [-0.1, -0.05) is 12.1 Å². The smallest absolute Gasteiger partial charge is 0.238 e. The Kier molecular flexibility index (Phi) is 5.04. The van der Waals surface area contributed by atoms with Crippen LogP contribution in [0.15, 0.2) is 29.6 Å². The van der Waals surface area contributed by atoms with E-state index in [4.69, 9.17) is 5.26 Å². The molecule has 0 unspecified atom stereocenters. The van der Waals surface area contributed by atoms with Gasteiger partial charge >= 0.3 is 0 Å². The van der Waals surface area contributed by atoms with Gasteiger partial charge in [-0.15, -0.1) is 11.3 Å². The molecule has 21 heavy (non-hydrogen) atoms. The van der Waals surface area contributed by atoms with Gasteiger partial charge in [-0.05, 0) is 26.1 Å². The maximum absolute atomic E-state index is 12.0. The highest BCUT2D eigenvalue weighted by atomic mass is 32.1. The molecule has 0 aliphatic rings. The topological polar surface area (TPSA) is 69.0 Å². The number of hydrogen-bond acceptors (Lipinski definition) is 5. The number of para-hydroxylation sites is 1. The summed E-state index contributed by atoms with van der Waals surface area (Å²) in [6.45, 7) is 2.83. The molecule has 108 valence electrons. The third-order valence-corrected chi connectivity index (χ3v) is 3.66. The van der Waals surface area contributed by atoms with Crippen molar-refractivity contribution in [2.24, 2.45) is 0 Å². The number of aromatic nitrogens is 1. The molecule has 1 N–H and O–H groups in total. The first kappa shape index (κ1) is 15.2. The molecule has 0 aliphatic carbocycles. The number of carbonyl (C=O) groups is 1. The van der Waals surface area contributed by atoms with Gasteiger partial charge in [-0.3, -0.25) is 9.69 Å². The van der Waals surface area contributed by atoms with Gasteiger partial charge in [0, 0.05) is 11.9 Å². The van der Waals surface area contributed by atoms with Gasteiger partial charge in [0.25, 0.3) is 0 Å². The van der Waals surface area contributed by atoms with E-state index in [0.717, 1.165) is 10.7 Å². The first-order valence-corrected chi connectivity index (χ1v) is 7.35. The Morgan fingerprint density at radius 1 is 1.48 bits per heavy atom. The molecular weight excluding hydrogens is 284 g/mol. The van der Waals surface area contributed by atoms with E-state index in [1.807, 2.05) is 24.3 Å². The van der Waals surface area contributed by atoms with Crippen LogP contribution in [0.2, 0.25) is 0 Å². The molecule has 1 amide bonds. The van der Waals surface area contributed by atoms with Gasteiger partial charge in [0.1, 0.15) is 6.07 Å². The predicted molar refractivity (Wildman–Crippen MR) is 83.0 cm³/mol. The SMILES string of the molecule is Cc1nc(CN(C)CC(=O)Nc2ccccc2C#N)cs1. The van der Waals surface area contributed by atoms with Gasteiger partial charge < -0.3 is 5.32 Å². The maximum atomic E-state index is 12.0. The zero-order valence-electron chi connectivity index (χ0n) is 12.0. The summed E-state index contributed by atoms with van der Waals surface area (Å²) >= 11 is 1.60. The normalized spacial score (nSPS) is 10.4. The molecule has 0 fully saturated rings. The van der Waals surface area contributed by atoms with E-state index in [2.05, 4.69) is 16.4 Å². The van der Waals surface area contributed by atoms with E-state index in [-0.39, 0.29) is 12.5 Å². The fourth-order valence-electron chi connectivity index (χ4n) is 1.94. The molecule has 0 saturated heterocycles. The lowest BCUT2D eigenvalue weighted by Crippen LogP contribution is -2.30. The number of nitrogens with zero attached hydrogens (tertiary/aromatic N) is 3. The van der Waals surface area contributed by atoms with Crippen LogP contribution in [0.1, 0.15) is 16.3 Å². The van der Waals surface area contributed by atoms with Gasteiger partial charge in [-0.25, -0.2) is 4.98 Å². The highest BCUT2D eigenvalue weighted by molar-refractivity contribution is 7.09. The van der Waals surface area contributed by atoms with E-state index in [1.54, 1.807) is 35.6 Å². The maximum Gasteiger partial charge on any atom is 0.238 e. The summed E-state index contributed by atoms with van der Waals surface area (Å²) in [6.07, 6.45) is 0. The molecular formula is C15H16N4OS. The number of likely N-dealkylation sites (N-methyl/N-ethyl adjacent to an activating group) is 1. The Balaban J connectivity index is 1.91. The fourth-order valence-corrected chi connectivity index (χ4v) is 2.54. The monoisotopic (exact) mass is 300 g/mol. The number of amides is 1. The van der Waals surface area contributed by atoms with Crippen molar-refractivity contribution in [1.29, 1.82) is 5.26 Å². The van der Waals surface area contributed by atoms with Crippen molar-refractivity contribution in [3.63, 3.8) is 0 Å². The standard InChI is InChI=1S/C15H16N4OS/c1-11-17-13(10-21-11)8-19(2)9-15(20)18-14-6-4-3-5-12(14)7-16/h3-6,10H,8-9H2,1-2H3,(H,18,20). The van der Waals surface area contributed by atoms with E-state index in [9.17, 15) is 4.79 Å². The minimum atomic E-state index is -0.146. The average molecular weight is 300 g/mol. The van der Waals surface area contributed by atoms with Gasteiger partial charge in [0.15, 0.2) is 0 Å². The molecule has 0 atom stereocenters. The number of anilines is 1. The molecule has 0 aliphatic heterocycles. The molecule has 1 aromatic carbocycles. The highest BCUT2D eigenvalue weighted by Crippen LogP contribution is 2.14. The third-order valence-electron chi connectivity index (χ3n) is 2.83. The molecule has 1 heterocycles. The van der Waals surface area contributed by atoms with Crippen LogP contribution in [0.5, 0.6) is 0 Å². The Bertz CT molecular complexity index is 674. The quantitative estimate of drug-likeness (QED) is 0.920. The second-order valence-corrected chi connectivity index (χ2v) is 5.80. The molecule has 0 bridgehead atoms. The number of hydrogen-bond donors (Lipinski definition) is 1. The number of carbonyl (C=O) groups excluding carboxylic acids is 1. The van der Waals surface area contributed by atoms with Crippen molar-refractivity contribution >= 4 is 22.9 Å². The van der Waals surface area contributed by atoms with Crippen LogP contribution in [-0.2, 0) is 11.3 Å². The summed E-state index contributed by atoms with van der Waals surface area (Å²) in [5, 5.41) is 14.8. The van der Waals surface area contributed by atoms with Crippen molar-refractivity contribution in [1.82, 2.24) is 9.88 Å². The average Bonchev–Trinajstić information content (AvgIpc) is 2.84. The zero-order chi connectivity index (χ0) is 15.2. The van der Waals surface area contributed by atoms with Crippen molar-refractivity contribution < 1.29 is 4.79 Å². The summed E-state index contributed by atoms with van der Waals surface area (Å²) in [5.41, 5.74) is 1.97. The van der Waals surface area contributed by atoms with Crippen molar-refractivity contribution in [3.8, 4) is 6.07 Å². The van der Waals surface area contributed by atoms with E-state index in [1.165, 1.54) is 0 Å². The Morgan fingerprint density at radius 3 is 2.90 bits per heavy atom. The van der Waals surface area contributed by atoms with Gasteiger partial charge in [0.2, 0.25) is 5.91 Å². The molecule has 0 spiro atoms. The van der Waals surface area contributed by atoms with Crippen LogP contribution in [0.3, 0.4) is 0 Å². The summed E-state index contributed by atoms with van der Waals surface area (Å²) in [4.78, 5) is 18.3. The summed E-state index contributed by atoms with van der Waals surface area (Å²) in [5.74, 6) is -0.146. The minimum Gasteiger partial charge on any atom is -0.324 e. The van der Waals surface area contributed by atoms with Crippen LogP contribution in [0.25, 0.3) is 0 Å². The first-order chi connectivity index (χ1) is 10.1. The zero-order valence-corrected chi connectivity index (χ0v) is 12.8. The fraction of sp³-hybridized carbons (Fsp3) is 0.267. The van der Waals surface area contributed by atoms with Crippen LogP contribution in [0, 0.1) is 18.3 Å². The Morgan fingerprint density at radius 2 is 2.24 bits per heavy atom. The molecule has 5 nitrogen and oxygen atoms in total. The lowest BCUT2D eigenvalue weighted by molar-refractivity contribution is -0.117. The number of aryl methyl sites for hydroxylation is 1. The van der Waals surface area contributed by atoms with Crippen molar-refractivity contribution in [2.45, 2.75) is 13.5 Å². The lowest BCUT2D eigenvalue weighted by atomic mass is 10.2. The lowest BCUT2D eigenvalue weighted by Gasteiger charge is -2.15. The largest absolute Gasteiger partial charge is 0.324 e. The molecule has 2 aromatic rings. The number of rotatable bonds is 5. The minimum absolute atomic E-state index is 0.146. The molecule has 6 heteroatoms. The van der Waals surface area contributed by atoms with Crippen LogP contribution in [-0.4, -0.2) is 29.4 Å². The van der Waals surface area contributed by atoms with Crippen molar-refractivity contribution in [3.05, 3.63) is 45.9 Å². The number of thiazole rings is 1. The van der Waals surface area contributed by atoms with Crippen LogP contribution in [0.4, 0.5) is 5.69 Å². The van der Waals surface area contributed by atoms with E-state index in [0.29, 0.717) is 17.8 Å². The Labute approximate surface area is 127 Å². The summed E-state index contributed by atoms with van der Waals surface area (Å²) < 4.78 is 0. The van der Waals surface area contributed by atoms with Crippen LogP contribution < -0.4 is 5.32 Å². The summed E-state index contributed by atoms with van der Waals surface area (Å²) in [6, 6.07) is 9.02. The van der Waals surface area contributed by atoms with Gasteiger partial charge in [-0.2, -0.15) is 5.26 Å². The third kappa shape index (κ3) is 4.38. The Hall–Kier alpha value is -2.23. The van der Waals surface area contributed by atoms with E-state index >= 15 is 0 Å². The molecule has 0 saturated carbocycles.